The van der Waals surface area contributed by atoms with E-state index in [1.165, 1.54) is 12.1 Å². The molecule has 0 fully saturated rings. The third-order valence-corrected chi connectivity index (χ3v) is 4.68. The van der Waals surface area contributed by atoms with Crippen LogP contribution in [0.5, 0.6) is 5.75 Å². The van der Waals surface area contributed by atoms with Crippen LogP contribution >= 0.6 is 0 Å². The van der Waals surface area contributed by atoms with E-state index in [1.54, 1.807) is 74.7 Å². The van der Waals surface area contributed by atoms with E-state index in [2.05, 4.69) is 15.5 Å². The highest BCUT2D eigenvalue weighted by molar-refractivity contribution is 5.96. The summed E-state index contributed by atoms with van der Waals surface area (Å²) >= 11 is 0. The van der Waals surface area contributed by atoms with Gasteiger partial charge in [-0.2, -0.15) is 0 Å². The van der Waals surface area contributed by atoms with Crippen LogP contribution in [0, 0.1) is 5.82 Å². The molecule has 0 aliphatic rings. The topological polar surface area (TPSA) is 86.5 Å². The summed E-state index contributed by atoms with van der Waals surface area (Å²) in [4.78, 5) is 12.8. The molecule has 1 heterocycles. The van der Waals surface area contributed by atoms with Gasteiger partial charge in [-0.25, -0.2) is 9.18 Å². The van der Waals surface area contributed by atoms with Crippen molar-refractivity contribution in [1.29, 1.82) is 0 Å². The molecule has 3 aromatic carbocycles. The molecule has 0 amide bonds. The Labute approximate surface area is 183 Å². The number of halogens is 1. The Bertz CT molecular complexity index is 1210. The first kappa shape index (κ1) is 21.0. The summed E-state index contributed by atoms with van der Waals surface area (Å²) in [6.07, 6.45) is -0.763. The lowest BCUT2D eigenvalue weighted by atomic mass is 10.1. The van der Waals surface area contributed by atoms with E-state index in [-0.39, 0.29) is 11.7 Å². The average Bonchev–Trinajstić information content (AvgIpc) is 3.31. The van der Waals surface area contributed by atoms with Gasteiger partial charge in [-0.1, -0.05) is 12.1 Å². The van der Waals surface area contributed by atoms with Crippen LogP contribution in [0.25, 0.3) is 11.5 Å². The average molecular weight is 433 g/mol. The zero-order valence-corrected chi connectivity index (χ0v) is 17.4. The molecular weight excluding hydrogens is 413 g/mol. The maximum Gasteiger partial charge on any atom is 0.341 e. The van der Waals surface area contributed by atoms with Gasteiger partial charge in [0.2, 0.25) is 5.89 Å². The Kier molecular flexibility index (Phi) is 6.12. The number of ether oxygens (including phenoxy) is 2. The largest absolute Gasteiger partial charge is 0.497 e. The molecule has 0 bridgehead atoms. The Balaban J connectivity index is 1.47. The fourth-order valence-electron chi connectivity index (χ4n) is 2.98. The summed E-state index contributed by atoms with van der Waals surface area (Å²) in [6.45, 7) is 1.65. The molecule has 7 nitrogen and oxygen atoms in total. The number of rotatable bonds is 7. The number of hydrogen-bond acceptors (Lipinski definition) is 7. The number of hydrogen-bond donors (Lipinski definition) is 1. The number of nitrogens with one attached hydrogen (secondary N) is 1. The molecule has 0 aliphatic heterocycles. The normalized spacial score (nSPS) is 11.6. The summed E-state index contributed by atoms with van der Waals surface area (Å²) in [5.74, 6) is 0.290. The molecule has 0 spiro atoms. The van der Waals surface area contributed by atoms with Gasteiger partial charge in [-0.05, 0) is 67.6 Å². The quantitative estimate of drug-likeness (QED) is 0.383. The molecular formula is C24H20FN3O4. The van der Waals surface area contributed by atoms with Gasteiger partial charge in [0.25, 0.3) is 5.89 Å². The van der Waals surface area contributed by atoms with E-state index in [0.717, 1.165) is 5.56 Å². The monoisotopic (exact) mass is 433 g/mol. The molecule has 32 heavy (non-hydrogen) atoms. The minimum Gasteiger partial charge on any atom is -0.497 e. The third kappa shape index (κ3) is 4.75. The molecule has 1 unspecified atom stereocenters. The highest BCUT2D eigenvalue weighted by Crippen LogP contribution is 2.27. The van der Waals surface area contributed by atoms with E-state index < -0.39 is 12.1 Å². The zero-order valence-electron chi connectivity index (χ0n) is 17.4. The number of carbonyl (C=O) groups is 1. The maximum absolute atomic E-state index is 13.2. The summed E-state index contributed by atoms with van der Waals surface area (Å²) in [5, 5.41) is 11.1. The first-order chi connectivity index (χ1) is 15.5. The van der Waals surface area contributed by atoms with Crippen molar-refractivity contribution in [3.05, 3.63) is 90.1 Å². The van der Waals surface area contributed by atoms with E-state index in [4.69, 9.17) is 13.9 Å². The van der Waals surface area contributed by atoms with Crippen LogP contribution in [0.3, 0.4) is 0 Å². The second kappa shape index (κ2) is 9.30. The van der Waals surface area contributed by atoms with E-state index in [0.29, 0.717) is 28.6 Å². The molecule has 0 aliphatic carbocycles. The van der Waals surface area contributed by atoms with Crippen molar-refractivity contribution in [2.24, 2.45) is 0 Å². The number of carbonyl (C=O) groups excluding carboxylic acids is 1. The number of para-hydroxylation sites is 1. The predicted molar refractivity (Wildman–Crippen MR) is 116 cm³/mol. The van der Waals surface area contributed by atoms with Crippen molar-refractivity contribution in [1.82, 2.24) is 10.2 Å². The maximum atomic E-state index is 13.2. The molecule has 0 radical (unpaired) electrons. The fraction of sp³-hybridized carbons (Fsp3) is 0.125. The molecule has 1 atom stereocenters. The van der Waals surface area contributed by atoms with Crippen molar-refractivity contribution in [2.75, 3.05) is 12.4 Å². The molecule has 4 rings (SSSR count). The Morgan fingerprint density at radius 3 is 2.44 bits per heavy atom. The first-order valence-electron chi connectivity index (χ1n) is 9.84. The van der Waals surface area contributed by atoms with E-state index in [1.807, 2.05) is 0 Å². The second-order valence-corrected chi connectivity index (χ2v) is 6.90. The van der Waals surface area contributed by atoms with E-state index >= 15 is 0 Å². The van der Waals surface area contributed by atoms with Crippen molar-refractivity contribution < 1.29 is 23.1 Å². The Morgan fingerprint density at radius 2 is 1.72 bits per heavy atom. The lowest BCUT2D eigenvalue weighted by Gasteiger charge is -2.14. The number of aromatic nitrogens is 2. The second-order valence-electron chi connectivity index (χ2n) is 6.90. The van der Waals surface area contributed by atoms with Gasteiger partial charge in [0, 0.05) is 11.3 Å². The summed E-state index contributed by atoms with van der Waals surface area (Å²) < 4.78 is 29.5. The van der Waals surface area contributed by atoms with Gasteiger partial charge in [0.15, 0.2) is 6.10 Å². The van der Waals surface area contributed by atoms with Gasteiger partial charge in [0.1, 0.15) is 11.6 Å². The molecule has 0 saturated carbocycles. The predicted octanol–water partition coefficient (Wildman–Crippen LogP) is 5.55. The smallest absolute Gasteiger partial charge is 0.341 e. The van der Waals surface area contributed by atoms with Crippen molar-refractivity contribution in [3.63, 3.8) is 0 Å². The van der Waals surface area contributed by atoms with Crippen molar-refractivity contribution in [3.8, 4) is 17.2 Å². The first-order valence-corrected chi connectivity index (χ1v) is 9.84. The number of methoxy groups -OCH3 is 1. The standard InChI is InChI=1S/C24H20FN3O4/c1-15(22-27-28-23(32-22)16-7-13-19(30-2)14-8-16)31-24(29)20-5-3-4-6-21(20)26-18-11-9-17(25)10-12-18/h3-15,26H,1-2H3. The number of esters is 1. The molecule has 1 aromatic heterocycles. The number of anilines is 2. The van der Waals surface area contributed by atoms with Crippen LogP contribution in [-0.4, -0.2) is 23.3 Å². The fourth-order valence-corrected chi connectivity index (χ4v) is 2.98. The van der Waals surface area contributed by atoms with Crippen LogP contribution in [0.1, 0.15) is 29.3 Å². The van der Waals surface area contributed by atoms with Crippen molar-refractivity contribution >= 4 is 17.3 Å². The highest BCUT2D eigenvalue weighted by Gasteiger charge is 2.21. The summed E-state index contributed by atoms with van der Waals surface area (Å²) in [7, 11) is 1.59. The van der Waals surface area contributed by atoms with Crippen LogP contribution in [0.4, 0.5) is 15.8 Å². The van der Waals surface area contributed by atoms with Crippen LogP contribution < -0.4 is 10.1 Å². The Morgan fingerprint density at radius 1 is 1.00 bits per heavy atom. The third-order valence-electron chi connectivity index (χ3n) is 4.68. The minimum atomic E-state index is -0.763. The number of benzene rings is 3. The van der Waals surface area contributed by atoms with Gasteiger partial charge in [0.05, 0.1) is 18.4 Å². The molecule has 0 saturated heterocycles. The van der Waals surface area contributed by atoms with Crippen LogP contribution in [0.2, 0.25) is 0 Å². The lowest BCUT2D eigenvalue weighted by molar-refractivity contribution is 0.0281. The SMILES string of the molecule is COc1ccc(-c2nnc(C(C)OC(=O)c3ccccc3Nc3ccc(F)cc3)o2)cc1. The molecule has 4 aromatic rings. The highest BCUT2D eigenvalue weighted by atomic mass is 19.1. The zero-order chi connectivity index (χ0) is 22.5. The van der Waals surface area contributed by atoms with Gasteiger partial charge in [-0.15, -0.1) is 10.2 Å². The minimum absolute atomic E-state index is 0.174. The molecule has 8 heteroatoms. The van der Waals surface area contributed by atoms with Gasteiger partial charge >= 0.3 is 5.97 Å². The molecule has 1 N–H and O–H groups in total. The summed E-state index contributed by atoms with van der Waals surface area (Å²) in [5.41, 5.74) is 2.21. The van der Waals surface area contributed by atoms with Crippen LogP contribution in [0.15, 0.2) is 77.2 Å². The Hall–Kier alpha value is -4.20. The van der Waals surface area contributed by atoms with Gasteiger partial charge in [-0.3, -0.25) is 0 Å². The van der Waals surface area contributed by atoms with Crippen molar-refractivity contribution in [2.45, 2.75) is 13.0 Å². The molecule has 162 valence electrons. The lowest BCUT2D eigenvalue weighted by Crippen LogP contribution is -2.11. The van der Waals surface area contributed by atoms with Gasteiger partial charge < -0.3 is 19.2 Å². The summed E-state index contributed by atoms with van der Waals surface area (Å²) in [6, 6.07) is 19.9. The van der Waals surface area contributed by atoms with E-state index in [9.17, 15) is 9.18 Å². The van der Waals surface area contributed by atoms with Crippen LogP contribution in [-0.2, 0) is 4.74 Å². The number of nitrogens with zero attached hydrogens (tertiary/aromatic N) is 2.